The maximum absolute atomic E-state index is 10.7. The van der Waals surface area contributed by atoms with Crippen molar-refractivity contribution in [3.63, 3.8) is 0 Å². The van der Waals surface area contributed by atoms with Gasteiger partial charge in [0.2, 0.25) is 0 Å². The molecule has 1 rings (SSSR count). The first kappa shape index (κ1) is 17.1. The maximum Gasteiger partial charge on any atom is 0.302 e. The van der Waals surface area contributed by atoms with Crippen molar-refractivity contribution in [3.05, 3.63) is 33.9 Å². The lowest BCUT2D eigenvalue weighted by Gasteiger charge is -2.16. The highest BCUT2D eigenvalue weighted by Gasteiger charge is 2.15. The van der Waals surface area contributed by atoms with Gasteiger partial charge in [-0.05, 0) is 63.3 Å². The number of ether oxygens (including phenoxy) is 1. The summed E-state index contributed by atoms with van der Waals surface area (Å²) in [5, 5.41) is 20.3. The summed E-state index contributed by atoms with van der Waals surface area (Å²) in [6, 6.07) is 0. The standard InChI is InChI=1S/C17H24O4/c1-10(8-9-21-14(5)18)6-7-15-13(4)16(19)11(2)12(3)17(15)20/h8,19-20H,6-7,9H2,1-5H3. The van der Waals surface area contributed by atoms with E-state index in [4.69, 9.17) is 4.74 Å². The molecule has 0 saturated carbocycles. The molecular weight excluding hydrogens is 268 g/mol. The third-order valence-corrected chi connectivity index (χ3v) is 3.85. The Morgan fingerprint density at radius 3 is 2.19 bits per heavy atom. The van der Waals surface area contributed by atoms with E-state index in [1.54, 1.807) is 13.8 Å². The van der Waals surface area contributed by atoms with Gasteiger partial charge in [0.1, 0.15) is 18.1 Å². The van der Waals surface area contributed by atoms with Crippen LogP contribution in [0, 0.1) is 20.8 Å². The predicted octanol–water partition coefficient (Wildman–Crippen LogP) is 3.47. The van der Waals surface area contributed by atoms with Crippen molar-refractivity contribution in [3.8, 4) is 11.5 Å². The summed E-state index contributed by atoms with van der Waals surface area (Å²) in [6.07, 6.45) is 3.22. The van der Waals surface area contributed by atoms with E-state index in [1.165, 1.54) is 6.92 Å². The van der Waals surface area contributed by atoms with Crippen LogP contribution in [0.15, 0.2) is 11.6 Å². The molecule has 0 amide bonds. The van der Waals surface area contributed by atoms with Crippen LogP contribution in [0.5, 0.6) is 11.5 Å². The second-order valence-electron chi connectivity index (χ2n) is 5.40. The molecule has 0 heterocycles. The largest absolute Gasteiger partial charge is 0.507 e. The van der Waals surface area contributed by atoms with Crippen LogP contribution in [0.2, 0.25) is 0 Å². The van der Waals surface area contributed by atoms with E-state index in [2.05, 4.69) is 0 Å². The molecule has 116 valence electrons. The van der Waals surface area contributed by atoms with Crippen LogP contribution in [0.1, 0.15) is 42.5 Å². The molecule has 0 unspecified atom stereocenters. The highest BCUT2D eigenvalue weighted by molar-refractivity contribution is 5.66. The number of aromatic hydroxyl groups is 2. The molecule has 0 fully saturated rings. The summed E-state index contributed by atoms with van der Waals surface area (Å²) in [4.78, 5) is 10.7. The molecule has 4 heteroatoms. The van der Waals surface area contributed by atoms with Crippen molar-refractivity contribution in [2.24, 2.45) is 0 Å². The molecule has 0 aliphatic rings. The Bertz CT molecular complexity index is 542. The van der Waals surface area contributed by atoms with E-state index < -0.39 is 0 Å². The zero-order chi connectivity index (χ0) is 16.2. The zero-order valence-corrected chi connectivity index (χ0v) is 13.4. The van der Waals surface area contributed by atoms with Crippen LogP contribution in [0.4, 0.5) is 0 Å². The molecule has 0 aromatic heterocycles. The Labute approximate surface area is 126 Å². The first-order chi connectivity index (χ1) is 9.75. The topological polar surface area (TPSA) is 66.8 Å². The SMILES string of the molecule is CC(=O)OCC=C(C)CCc1c(C)c(O)c(C)c(C)c1O. The number of carbonyl (C=O) groups excluding carboxylic acids is 1. The quantitative estimate of drug-likeness (QED) is 0.495. The molecule has 0 aliphatic heterocycles. The lowest BCUT2D eigenvalue weighted by atomic mass is 9.93. The highest BCUT2D eigenvalue weighted by Crippen LogP contribution is 2.37. The number of esters is 1. The number of benzene rings is 1. The van der Waals surface area contributed by atoms with Crippen LogP contribution in [-0.4, -0.2) is 22.8 Å². The Kier molecular flexibility index (Phi) is 5.82. The minimum Gasteiger partial charge on any atom is -0.507 e. The van der Waals surface area contributed by atoms with E-state index in [9.17, 15) is 15.0 Å². The molecule has 0 bridgehead atoms. The van der Waals surface area contributed by atoms with E-state index >= 15 is 0 Å². The molecular formula is C17H24O4. The second-order valence-corrected chi connectivity index (χ2v) is 5.40. The van der Waals surface area contributed by atoms with Crippen LogP contribution < -0.4 is 0 Å². The average Bonchev–Trinajstić information content (AvgIpc) is 2.42. The fourth-order valence-electron chi connectivity index (χ4n) is 2.21. The number of hydrogen-bond donors (Lipinski definition) is 2. The molecule has 0 saturated heterocycles. The minimum atomic E-state index is -0.299. The first-order valence-corrected chi connectivity index (χ1v) is 7.05. The summed E-state index contributed by atoms with van der Waals surface area (Å²) < 4.78 is 4.86. The predicted molar refractivity (Wildman–Crippen MR) is 82.7 cm³/mol. The molecule has 2 N–H and O–H groups in total. The van der Waals surface area contributed by atoms with Gasteiger partial charge in [-0.25, -0.2) is 0 Å². The van der Waals surface area contributed by atoms with E-state index in [-0.39, 0.29) is 24.1 Å². The Balaban J connectivity index is 2.83. The van der Waals surface area contributed by atoms with E-state index in [0.29, 0.717) is 6.42 Å². The average molecular weight is 292 g/mol. The lowest BCUT2D eigenvalue weighted by Crippen LogP contribution is -2.00. The summed E-state index contributed by atoms with van der Waals surface area (Å²) in [7, 11) is 0. The molecule has 0 spiro atoms. The normalized spacial score (nSPS) is 11.6. The number of phenols is 2. The van der Waals surface area contributed by atoms with Crippen molar-refractivity contribution in [2.45, 2.75) is 47.5 Å². The van der Waals surface area contributed by atoms with E-state index in [0.717, 1.165) is 34.2 Å². The number of carbonyl (C=O) groups is 1. The monoisotopic (exact) mass is 292 g/mol. The van der Waals surface area contributed by atoms with Gasteiger partial charge in [0.15, 0.2) is 0 Å². The van der Waals surface area contributed by atoms with Gasteiger partial charge in [0, 0.05) is 12.5 Å². The fraction of sp³-hybridized carbons (Fsp3) is 0.471. The molecule has 0 aliphatic carbocycles. The van der Waals surface area contributed by atoms with Gasteiger partial charge in [-0.2, -0.15) is 0 Å². The summed E-state index contributed by atoms with van der Waals surface area (Å²) >= 11 is 0. The third kappa shape index (κ3) is 4.25. The van der Waals surface area contributed by atoms with Gasteiger partial charge in [-0.15, -0.1) is 0 Å². The van der Waals surface area contributed by atoms with Crippen molar-refractivity contribution in [1.29, 1.82) is 0 Å². The van der Waals surface area contributed by atoms with Crippen LogP contribution in [0.3, 0.4) is 0 Å². The first-order valence-electron chi connectivity index (χ1n) is 7.05. The lowest BCUT2D eigenvalue weighted by molar-refractivity contribution is -0.139. The Morgan fingerprint density at radius 1 is 1.05 bits per heavy atom. The molecule has 21 heavy (non-hydrogen) atoms. The molecule has 1 aromatic rings. The van der Waals surface area contributed by atoms with E-state index in [1.807, 2.05) is 19.9 Å². The van der Waals surface area contributed by atoms with Crippen molar-refractivity contribution >= 4 is 5.97 Å². The smallest absolute Gasteiger partial charge is 0.302 e. The van der Waals surface area contributed by atoms with Crippen LogP contribution >= 0.6 is 0 Å². The number of rotatable bonds is 5. The molecule has 0 atom stereocenters. The fourth-order valence-corrected chi connectivity index (χ4v) is 2.21. The number of hydrogen-bond acceptors (Lipinski definition) is 4. The van der Waals surface area contributed by atoms with Gasteiger partial charge >= 0.3 is 5.97 Å². The number of phenolic OH excluding ortho intramolecular Hbond substituents is 2. The van der Waals surface area contributed by atoms with Gasteiger partial charge in [0.25, 0.3) is 0 Å². The second kappa shape index (κ2) is 7.16. The van der Waals surface area contributed by atoms with Gasteiger partial charge in [0.05, 0.1) is 0 Å². The number of allylic oxidation sites excluding steroid dienone is 1. The van der Waals surface area contributed by atoms with Gasteiger partial charge in [-0.1, -0.05) is 5.57 Å². The minimum absolute atomic E-state index is 0.252. The van der Waals surface area contributed by atoms with Crippen LogP contribution in [0.25, 0.3) is 0 Å². The molecule has 0 radical (unpaired) electrons. The maximum atomic E-state index is 10.7. The van der Waals surface area contributed by atoms with Crippen molar-refractivity contribution < 1.29 is 19.7 Å². The summed E-state index contributed by atoms with van der Waals surface area (Å²) in [5.41, 5.74) is 4.01. The van der Waals surface area contributed by atoms with Gasteiger partial charge < -0.3 is 14.9 Å². The Hall–Kier alpha value is -1.97. The van der Waals surface area contributed by atoms with Gasteiger partial charge in [-0.3, -0.25) is 4.79 Å². The summed E-state index contributed by atoms with van der Waals surface area (Å²) in [6.45, 7) is 9.01. The Morgan fingerprint density at radius 2 is 1.62 bits per heavy atom. The zero-order valence-electron chi connectivity index (χ0n) is 13.4. The molecule has 4 nitrogen and oxygen atoms in total. The highest BCUT2D eigenvalue weighted by atomic mass is 16.5. The van der Waals surface area contributed by atoms with Crippen LogP contribution in [-0.2, 0) is 16.0 Å². The molecule has 1 aromatic carbocycles. The third-order valence-electron chi connectivity index (χ3n) is 3.85. The van der Waals surface area contributed by atoms with Crippen molar-refractivity contribution in [2.75, 3.05) is 6.61 Å². The summed E-state index contributed by atoms with van der Waals surface area (Å²) in [5.74, 6) is 0.212. The van der Waals surface area contributed by atoms with Crippen molar-refractivity contribution in [1.82, 2.24) is 0 Å².